The highest BCUT2D eigenvalue weighted by Gasteiger charge is 2.20. The van der Waals surface area contributed by atoms with E-state index in [1.54, 1.807) is 0 Å². The molecule has 1 aromatic carbocycles. The Morgan fingerprint density at radius 3 is 2.47 bits per heavy atom. The molecule has 0 N–H and O–H groups in total. The van der Waals surface area contributed by atoms with Crippen molar-refractivity contribution in [1.82, 2.24) is 9.55 Å². The lowest BCUT2D eigenvalue weighted by atomic mass is 10.0. The van der Waals surface area contributed by atoms with Crippen LogP contribution in [0.1, 0.15) is 31.4 Å². The van der Waals surface area contributed by atoms with Gasteiger partial charge in [-0.25, -0.2) is 4.98 Å². The van der Waals surface area contributed by atoms with Gasteiger partial charge in [0.25, 0.3) is 0 Å². The summed E-state index contributed by atoms with van der Waals surface area (Å²) < 4.78 is 2.25. The molecule has 1 aliphatic heterocycles. The van der Waals surface area contributed by atoms with Crippen molar-refractivity contribution >= 4 is 5.69 Å². The molecule has 1 fully saturated rings. The van der Waals surface area contributed by atoms with Crippen LogP contribution in [0.2, 0.25) is 0 Å². The van der Waals surface area contributed by atoms with E-state index in [-0.39, 0.29) is 0 Å². The van der Waals surface area contributed by atoms with Crippen molar-refractivity contribution in [2.75, 3.05) is 18.0 Å². The van der Waals surface area contributed by atoms with E-state index in [4.69, 9.17) is 0 Å². The summed E-state index contributed by atoms with van der Waals surface area (Å²) in [5, 5.41) is 0. The SMILES string of the molecule is CCc1ccc(N2CCC(n3ccnc3)CC2)cc1. The number of rotatable bonds is 3. The summed E-state index contributed by atoms with van der Waals surface area (Å²) in [5.74, 6) is 0. The van der Waals surface area contributed by atoms with E-state index >= 15 is 0 Å². The quantitative estimate of drug-likeness (QED) is 0.839. The molecular formula is C16H21N3. The highest BCUT2D eigenvalue weighted by Crippen LogP contribution is 2.26. The van der Waals surface area contributed by atoms with Gasteiger partial charge in [-0.2, -0.15) is 0 Å². The average molecular weight is 255 g/mol. The molecule has 0 saturated carbocycles. The smallest absolute Gasteiger partial charge is 0.0948 e. The Morgan fingerprint density at radius 1 is 1.16 bits per heavy atom. The van der Waals surface area contributed by atoms with E-state index in [1.807, 2.05) is 12.5 Å². The van der Waals surface area contributed by atoms with Crippen molar-refractivity contribution in [1.29, 1.82) is 0 Å². The Bertz CT molecular complexity index is 493. The van der Waals surface area contributed by atoms with E-state index in [0.717, 1.165) is 19.5 Å². The van der Waals surface area contributed by atoms with Gasteiger partial charge in [0, 0.05) is 37.2 Å². The molecular weight excluding hydrogens is 234 g/mol. The van der Waals surface area contributed by atoms with Crippen LogP contribution in [0.3, 0.4) is 0 Å². The van der Waals surface area contributed by atoms with E-state index < -0.39 is 0 Å². The highest BCUT2D eigenvalue weighted by atomic mass is 15.2. The number of imidazole rings is 1. The molecule has 0 amide bonds. The lowest BCUT2D eigenvalue weighted by Gasteiger charge is -2.34. The summed E-state index contributed by atoms with van der Waals surface area (Å²) in [6.45, 7) is 4.47. The fraction of sp³-hybridized carbons (Fsp3) is 0.438. The summed E-state index contributed by atoms with van der Waals surface area (Å²) >= 11 is 0. The van der Waals surface area contributed by atoms with E-state index in [1.165, 1.54) is 24.1 Å². The van der Waals surface area contributed by atoms with Gasteiger partial charge in [0.2, 0.25) is 0 Å². The number of benzene rings is 1. The second-order valence-electron chi connectivity index (χ2n) is 5.25. The van der Waals surface area contributed by atoms with Crippen LogP contribution in [0.5, 0.6) is 0 Å². The van der Waals surface area contributed by atoms with Crippen molar-refractivity contribution in [2.24, 2.45) is 0 Å². The predicted octanol–water partition coefficient (Wildman–Crippen LogP) is 3.29. The molecule has 2 heterocycles. The van der Waals surface area contributed by atoms with Gasteiger partial charge in [-0.3, -0.25) is 0 Å². The standard InChI is InChI=1S/C16H21N3/c1-2-14-3-5-15(6-4-14)18-10-7-16(8-11-18)19-12-9-17-13-19/h3-6,9,12-13,16H,2,7-8,10-11H2,1H3. The third kappa shape index (κ3) is 2.65. The van der Waals surface area contributed by atoms with Crippen molar-refractivity contribution in [3.63, 3.8) is 0 Å². The first-order chi connectivity index (χ1) is 9.36. The minimum Gasteiger partial charge on any atom is -0.371 e. The summed E-state index contributed by atoms with van der Waals surface area (Å²) in [6.07, 6.45) is 9.41. The predicted molar refractivity (Wildman–Crippen MR) is 78.5 cm³/mol. The molecule has 19 heavy (non-hydrogen) atoms. The lowest BCUT2D eigenvalue weighted by Crippen LogP contribution is -2.34. The number of aromatic nitrogens is 2. The second-order valence-corrected chi connectivity index (χ2v) is 5.25. The molecule has 0 radical (unpaired) electrons. The normalized spacial score (nSPS) is 16.8. The van der Waals surface area contributed by atoms with Crippen LogP contribution in [0.4, 0.5) is 5.69 Å². The van der Waals surface area contributed by atoms with E-state index in [9.17, 15) is 0 Å². The highest BCUT2D eigenvalue weighted by molar-refractivity contribution is 5.48. The Kier molecular flexibility index (Phi) is 3.53. The van der Waals surface area contributed by atoms with E-state index in [0.29, 0.717) is 6.04 Å². The van der Waals surface area contributed by atoms with Crippen LogP contribution in [0.25, 0.3) is 0 Å². The molecule has 3 nitrogen and oxygen atoms in total. The Morgan fingerprint density at radius 2 is 1.89 bits per heavy atom. The number of aryl methyl sites for hydroxylation is 1. The Labute approximate surface area is 114 Å². The number of anilines is 1. The molecule has 3 heteroatoms. The topological polar surface area (TPSA) is 21.1 Å². The van der Waals surface area contributed by atoms with Gasteiger partial charge >= 0.3 is 0 Å². The minimum absolute atomic E-state index is 0.619. The van der Waals surface area contributed by atoms with Crippen LogP contribution in [-0.4, -0.2) is 22.6 Å². The number of hydrogen-bond acceptors (Lipinski definition) is 2. The van der Waals surface area contributed by atoms with Crippen LogP contribution < -0.4 is 4.90 Å². The zero-order valence-electron chi connectivity index (χ0n) is 11.5. The average Bonchev–Trinajstić information content (AvgIpc) is 3.02. The van der Waals surface area contributed by atoms with Crippen molar-refractivity contribution in [2.45, 2.75) is 32.2 Å². The summed E-state index contributed by atoms with van der Waals surface area (Å²) in [7, 11) is 0. The monoisotopic (exact) mass is 255 g/mol. The fourth-order valence-corrected chi connectivity index (χ4v) is 2.85. The third-order valence-electron chi connectivity index (χ3n) is 4.12. The first kappa shape index (κ1) is 12.3. The zero-order chi connectivity index (χ0) is 13.1. The molecule has 0 aliphatic carbocycles. The fourth-order valence-electron chi connectivity index (χ4n) is 2.85. The minimum atomic E-state index is 0.619. The van der Waals surface area contributed by atoms with Gasteiger partial charge in [-0.1, -0.05) is 19.1 Å². The molecule has 0 spiro atoms. The van der Waals surface area contributed by atoms with E-state index in [2.05, 4.69) is 51.8 Å². The van der Waals surface area contributed by atoms with Crippen molar-refractivity contribution in [3.8, 4) is 0 Å². The number of piperidine rings is 1. The van der Waals surface area contributed by atoms with Crippen LogP contribution in [0.15, 0.2) is 43.0 Å². The molecule has 0 unspecified atom stereocenters. The molecule has 1 saturated heterocycles. The van der Waals surface area contributed by atoms with Gasteiger partial charge in [0.05, 0.1) is 6.33 Å². The largest absolute Gasteiger partial charge is 0.371 e. The van der Waals surface area contributed by atoms with Gasteiger partial charge in [-0.05, 0) is 37.0 Å². The number of nitrogens with zero attached hydrogens (tertiary/aromatic N) is 3. The molecule has 0 bridgehead atoms. The Hall–Kier alpha value is -1.77. The Balaban J connectivity index is 1.63. The molecule has 1 aliphatic rings. The molecule has 2 aromatic rings. The van der Waals surface area contributed by atoms with Crippen LogP contribution in [0, 0.1) is 0 Å². The van der Waals surface area contributed by atoms with Crippen LogP contribution >= 0.6 is 0 Å². The molecule has 0 atom stereocenters. The maximum Gasteiger partial charge on any atom is 0.0948 e. The lowest BCUT2D eigenvalue weighted by molar-refractivity contribution is 0.396. The second kappa shape index (κ2) is 5.47. The zero-order valence-corrected chi connectivity index (χ0v) is 11.5. The molecule has 1 aromatic heterocycles. The summed E-state index contributed by atoms with van der Waals surface area (Å²) in [4.78, 5) is 6.64. The van der Waals surface area contributed by atoms with Gasteiger partial charge in [-0.15, -0.1) is 0 Å². The van der Waals surface area contributed by atoms with Gasteiger partial charge < -0.3 is 9.47 Å². The summed E-state index contributed by atoms with van der Waals surface area (Å²) in [6, 6.07) is 9.63. The van der Waals surface area contributed by atoms with Gasteiger partial charge in [0.1, 0.15) is 0 Å². The van der Waals surface area contributed by atoms with Crippen molar-refractivity contribution < 1.29 is 0 Å². The first-order valence-electron chi connectivity index (χ1n) is 7.18. The first-order valence-corrected chi connectivity index (χ1v) is 7.18. The number of hydrogen-bond donors (Lipinski definition) is 0. The molecule has 100 valence electrons. The third-order valence-corrected chi connectivity index (χ3v) is 4.12. The maximum absolute atomic E-state index is 4.14. The maximum atomic E-state index is 4.14. The van der Waals surface area contributed by atoms with Crippen molar-refractivity contribution in [3.05, 3.63) is 48.5 Å². The molecule has 3 rings (SSSR count). The summed E-state index contributed by atoms with van der Waals surface area (Å²) in [5.41, 5.74) is 2.78. The van der Waals surface area contributed by atoms with Gasteiger partial charge in [0.15, 0.2) is 0 Å². The van der Waals surface area contributed by atoms with Crippen LogP contribution in [-0.2, 0) is 6.42 Å².